The monoisotopic (exact) mass is 579 g/mol. The number of nitrogens with one attached hydrogen (secondary N) is 1. The lowest BCUT2D eigenvalue weighted by Crippen LogP contribution is -2.50. The van der Waals surface area contributed by atoms with Crippen LogP contribution >= 0.6 is 11.6 Å². The summed E-state index contributed by atoms with van der Waals surface area (Å²) in [5.74, 6) is -1.39. The number of hydrogen-bond acceptors (Lipinski definition) is 5. The molecule has 6 nitrogen and oxygen atoms in total. The van der Waals surface area contributed by atoms with Gasteiger partial charge in [0.2, 0.25) is 5.91 Å². The van der Waals surface area contributed by atoms with Crippen molar-refractivity contribution in [1.29, 1.82) is 0 Å². The normalized spacial score (nSPS) is 20.6. The molecule has 4 rings (SSSR count). The van der Waals surface area contributed by atoms with Crippen molar-refractivity contribution in [3.05, 3.63) is 53.1 Å². The van der Waals surface area contributed by atoms with Crippen LogP contribution in [0.1, 0.15) is 31.2 Å². The largest absolute Gasteiger partial charge is 0.573 e. The predicted octanol–water partition coefficient (Wildman–Crippen LogP) is 6.35. The number of rotatable bonds is 7. The number of carbonyl (C=O) groups excluding carboxylic acids is 1. The molecule has 0 aromatic heterocycles. The van der Waals surface area contributed by atoms with Crippen LogP contribution in [0, 0.1) is 0 Å². The number of amides is 1. The minimum Gasteiger partial charge on any atom is -0.405 e. The molecule has 1 aliphatic heterocycles. The van der Waals surface area contributed by atoms with Crippen molar-refractivity contribution in [3.63, 3.8) is 0 Å². The molecule has 0 spiro atoms. The molecule has 0 bridgehead atoms. The Balaban J connectivity index is 1.21. The number of halogens is 7. The number of hydrogen-bond donors (Lipinski definition) is 1. The first-order chi connectivity index (χ1) is 18.4. The molecule has 1 amide bonds. The number of anilines is 2. The summed E-state index contributed by atoms with van der Waals surface area (Å²) >= 11 is 5.94. The van der Waals surface area contributed by atoms with Crippen LogP contribution in [0.5, 0.6) is 5.75 Å². The van der Waals surface area contributed by atoms with Crippen LogP contribution in [0.3, 0.4) is 0 Å². The van der Waals surface area contributed by atoms with Crippen LogP contribution in [0.4, 0.5) is 37.7 Å². The number of alkyl halides is 6. The van der Waals surface area contributed by atoms with E-state index in [1.54, 1.807) is 4.90 Å². The van der Waals surface area contributed by atoms with E-state index in [9.17, 15) is 31.1 Å². The summed E-state index contributed by atoms with van der Waals surface area (Å²) in [5.41, 5.74) is -0.406. The van der Waals surface area contributed by atoms with Crippen molar-refractivity contribution in [2.75, 3.05) is 43.0 Å². The quantitative estimate of drug-likeness (QED) is 0.388. The SMILES string of the molecule is O=C(CO[C@H]1CC[C@@H](Nc2ccc(OC(F)(F)F)c(C(F)(F)F)c2)CC1)N1CCN(c2ccc(Cl)cc2)CC1. The minimum atomic E-state index is -5.24. The van der Waals surface area contributed by atoms with E-state index in [0.29, 0.717) is 69.0 Å². The molecule has 1 heterocycles. The second kappa shape index (κ2) is 12.1. The van der Waals surface area contributed by atoms with Crippen molar-refractivity contribution in [2.45, 2.75) is 50.4 Å². The van der Waals surface area contributed by atoms with Gasteiger partial charge >= 0.3 is 12.5 Å². The van der Waals surface area contributed by atoms with Gasteiger partial charge in [-0.3, -0.25) is 4.79 Å². The second-order valence-electron chi connectivity index (χ2n) is 9.53. The van der Waals surface area contributed by atoms with Crippen LogP contribution < -0.4 is 15.0 Å². The summed E-state index contributed by atoms with van der Waals surface area (Å²) < 4.78 is 86.7. The van der Waals surface area contributed by atoms with Gasteiger partial charge in [0.25, 0.3) is 0 Å². The molecular weight excluding hydrogens is 552 g/mol. The number of nitrogens with zero attached hydrogens (tertiary/aromatic N) is 2. The summed E-state index contributed by atoms with van der Waals surface area (Å²) in [5, 5.41) is 3.63. The molecule has 0 radical (unpaired) electrons. The third-order valence-electron chi connectivity index (χ3n) is 6.82. The molecule has 214 valence electrons. The maximum absolute atomic E-state index is 13.3. The molecule has 2 aromatic carbocycles. The van der Waals surface area contributed by atoms with Crippen molar-refractivity contribution in [1.82, 2.24) is 4.90 Å². The molecule has 1 N–H and O–H groups in total. The van der Waals surface area contributed by atoms with Gasteiger partial charge < -0.3 is 24.6 Å². The Morgan fingerprint density at radius 2 is 1.56 bits per heavy atom. The maximum Gasteiger partial charge on any atom is 0.573 e. The van der Waals surface area contributed by atoms with Crippen molar-refractivity contribution >= 4 is 28.9 Å². The lowest BCUT2D eigenvalue weighted by atomic mass is 9.92. The third kappa shape index (κ3) is 8.31. The van der Waals surface area contributed by atoms with Crippen LogP contribution in [-0.4, -0.2) is 62.1 Å². The Labute approximate surface area is 226 Å². The molecule has 39 heavy (non-hydrogen) atoms. The molecular formula is C26H28ClF6N3O3. The van der Waals surface area contributed by atoms with Gasteiger partial charge in [0.05, 0.1) is 11.7 Å². The van der Waals surface area contributed by atoms with Crippen molar-refractivity contribution < 1.29 is 40.6 Å². The number of ether oxygens (including phenoxy) is 2. The lowest BCUT2D eigenvalue weighted by molar-refractivity contribution is -0.276. The van der Waals surface area contributed by atoms with Gasteiger partial charge in [0, 0.05) is 48.6 Å². The molecule has 2 fully saturated rings. The van der Waals surface area contributed by atoms with E-state index >= 15 is 0 Å². The van der Waals surface area contributed by atoms with Crippen LogP contribution in [0.25, 0.3) is 0 Å². The van der Waals surface area contributed by atoms with E-state index in [1.807, 2.05) is 24.3 Å². The summed E-state index contributed by atoms with van der Waals surface area (Å²) in [4.78, 5) is 16.6. The van der Waals surface area contributed by atoms with Crippen LogP contribution in [-0.2, 0) is 15.7 Å². The Kier molecular flexibility index (Phi) is 9.05. The molecule has 13 heteroatoms. The van der Waals surface area contributed by atoms with Gasteiger partial charge in [-0.25, -0.2) is 0 Å². The molecule has 2 aromatic rings. The van der Waals surface area contributed by atoms with Gasteiger partial charge in [0.15, 0.2) is 0 Å². The molecule has 1 saturated heterocycles. The highest BCUT2D eigenvalue weighted by Gasteiger charge is 2.39. The minimum absolute atomic E-state index is 0.0423. The Hall–Kier alpha value is -2.86. The van der Waals surface area contributed by atoms with E-state index in [0.717, 1.165) is 11.8 Å². The number of carbonyl (C=O) groups is 1. The van der Waals surface area contributed by atoms with E-state index in [1.165, 1.54) is 0 Å². The van der Waals surface area contributed by atoms with E-state index < -0.39 is 23.9 Å². The highest BCUT2D eigenvalue weighted by molar-refractivity contribution is 6.30. The molecule has 1 saturated carbocycles. The van der Waals surface area contributed by atoms with Gasteiger partial charge in [-0.2, -0.15) is 13.2 Å². The fourth-order valence-electron chi connectivity index (χ4n) is 4.81. The van der Waals surface area contributed by atoms with Crippen molar-refractivity contribution in [2.24, 2.45) is 0 Å². The zero-order valence-corrected chi connectivity index (χ0v) is 21.6. The van der Waals surface area contributed by atoms with Crippen LogP contribution in [0.15, 0.2) is 42.5 Å². The third-order valence-corrected chi connectivity index (χ3v) is 7.07. The summed E-state index contributed by atoms with van der Waals surface area (Å²) in [6, 6.07) is 9.78. The molecule has 0 unspecified atom stereocenters. The van der Waals surface area contributed by atoms with Gasteiger partial charge in [0.1, 0.15) is 12.4 Å². The van der Waals surface area contributed by atoms with Gasteiger partial charge in [-0.1, -0.05) is 11.6 Å². The summed E-state index contributed by atoms with van der Waals surface area (Å²) in [6.07, 6.45) is -8.08. The van der Waals surface area contributed by atoms with E-state index in [-0.39, 0.29) is 30.3 Å². The Bertz CT molecular complexity index is 1110. The number of benzene rings is 2. The van der Waals surface area contributed by atoms with Crippen LogP contribution in [0.2, 0.25) is 5.02 Å². The van der Waals surface area contributed by atoms with Gasteiger partial charge in [-0.05, 0) is 68.1 Å². The Morgan fingerprint density at radius 1 is 0.923 bits per heavy atom. The zero-order valence-electron chi connectivity index (χ0n) is 20.8. The lowest BCUT2D eigenvalue weighted by Gasteiger charge is -2.36. The highest BCUT2D eigenvalue weighted by Crippen LogP contribution is 2.40. The average molecular weight is 580 g/mol. The standard InChI is InChI=1S/C26H28ClF6N3O3/c27-17-1-6-20(7-2-17)35-11-13-36(14-12-35)24(37)16-38-21-8-3-18(4-9-21)34-19-5-10-23(39-26(31,32)33)22(15-19)25(28,29)30/h1-2,5-7,10,15,18,21,34H,3-4,8-9,11-14,16H2/t18-,21+. The second-order valence-corrected chi connectivity index (χ2v) is 9.97. The zero-order chi connectivity index (χ0) is 28.2. The average Bonchev–Trinajstić information content (AvgIpc) is 2.88. The fraction of sp³-hybridized carbons (Fsp3) is 0.500. The van der Waals surface area contributed by atoms with Gasteiger partial charge in [-0.15, -0.1) is 13.2 Å². The highest BCUT2D eigenvalue weighted by atomic mass is 35.5. The summed E-state index contributed by atoms with van der Waals surface area (Å²) in [6.45, 7) is 2.51. The smallest absolute Gasteiger partial charge is 0.405 e. The first-order valence-corrected chi connectivity index (χ1v) is 12.9. The predicted molar refractivity (Wildman–Crippen MR) is 134 cm³/mol. The van der Waals surface area contributed by atoms with E-state index in [2.05, 4.69) is 15.0 Å². The van der Waals surface area contributed by atoms with E-state index in [4.69, 9.17) is 16.3 Å². The summed E-state index contributed by atoms with van der Waals surface area (Å²) in [7, 11) is 0. The fourth-order valence-corrected chi connectivity index (χ4v) is 4.94. The number of piperazine rings is 1. The molecule has 1 aliphatic carbocycles. The Morgan fingerprint density at radius 3 is 2.15 bits per heavy atom. The maximum atomic E-state index is 13.3. The molecule has 0 atom stereocenters. The van der Waals surface area contributed by atoms with Crippen molar-refractivity contribution in [3.8, 4) is 5.75 Å². The topological polar surface area (TPSA) is 54.0 Å². The first kappa shape index (κ1) is 29.1. The molecule has 2 aliphatic rings. The first-order valence-electron chi connectivity index (χ1n) is 12.5.